The number of carbonyl (C=O) groups is 1. The fourth-order valence-corrected chi connectivity index (χ4v) is 2.46. The van der Waals surface area contributed by atoms with Crippen LogP contribution in [0.1, 0.15) is 5.56 Å². The molecule has 0 unspecified atom stereocenters. The maximum absolute atomic E-state index is 11.8. The van der Waals surface area contributed by atoms with E-state index in [1.165, 1.54) is 6.08 Å². The molecule has 2 nitrogen and oxygen atoms in total. The fraction of sp³-hybridized carbons (Fsp3) is 0. The van der Waals surface area contributed by atoms with E-state index in [1.807, 2.05) is 0 Å². The minimum Gasteiger partial charge on any atom is -0.322 e. The van der Waals surface area contributed by atoms with Crippen molar-refractivity contribution in [1.82, 2.24) is 0 Å². The highest BCUT2D eigenvalue weighted by Gasteiger charge is 2.03. The Balaban J connectivity index is 2.07. The van der Waals surface area contributed by atoms with E-state index < -0.39 is 0 Å². The van der Waals surface area contributed by atoms with E-state index >= 15 is 0 Å². The van der Waals surface area contributed by atoms with E-state index in [2.05, 4.69) is 21.2 Å². The Kier molecular flexibility index (Phi) is 5.71. The number of nitrogens with one attached hydrogen (secondary N) is 1. The Bertz CT molecular complexity index is 716. The Morgan fingerprint density at radius 2 is 1.81 bits per heavy atom. The quantitative estimate of drug-likeness (QED) is 0.618. The number of benzene rings is 2. The summed E-state index contributed by atoms with van der Waals surface area (Å²) in [5.41, 5.74) is 1.32. The zero-order valence-electron chi connectivity index (χ0n) is 10.5. The zero-order chi connectivity index (χ0) is 15.4. The second-order valence-electron chi connectivity index (χ2n) is 4.12. The Hall–Kier alpha value is -1.000. The molecule has 2 rings (SSSR count). The smallest absolute Gasteiger partial charge is 0.248 e. The van der Waals surface area contributed by atoms with E-state index in [4.69, 9.17) is 34.8 Å². The van der Waals surface area contributed by atoms with Gasteiger partial charge in [-0.2, -0.15) is 0 Å². The highest BCUT2D eigenvalue weighted by molar-refractivity contribution is 9.10. The van der Waals surface area contributed by atoms with E-state index in [0.29, 0.717) is 26.3 Å². The summed E-state index contributed by atoms with van der Waals surface area (Å²) in [5, 5.41) is 4.27. The summed E-state index contributed by atoms with van der Waals surface area (Å²) in [6.07, 6.45) is 3.01. The molecule has 0 radical (unpaired) electrons. The molecule has 2 aromatic rings. The summed E-state index contributed by atoms with van der Waals surface area (Å²) in [6.45, 7) is 0. The van der Waals surface area contributed by atoms with Crippen LogP contribution in [0.5, 0.6) is 0 Å². The second-order valence-corrected chi connectivity index (χ2v) is 6.22. The molecule has 1 N–H and O–H groups in total. The van der Waals surface area contributed by atoms with Crippen LogP contribution in [-0.2, 0) is 4.79 Å². The third kappa shape index (κ3) is 4.75. The molecule has 0 bridgehead atoms. The SMILES string of the molecule is O=C(/C=C/c1ccc(Cl)cc1Cl)Nc1ccc(Br)c(Cl)c1. The fourth-order valence-electron chi connectivity index (χ4n) is 1.56. The lowest BCUT2D eigenvalue weighted by atomic mass is 10.2. The van der Waals surface area contributed by atoms with Crippen LogP contribution in [0.25, 0.3) is 6.08 Å². The molecular weight excluding hydrogens is 396 g/mol. The largest absolute Gasteiger partial charge is 0.322 e. The Labute approximate surface area is 145 Å². The first-order valence-electron chi connectivity index (χ1n) is 5.85. The lowest BCUT2D eigenvalue weighted by molar-refractivity contribution is -0.111. The lowest BCUT2D eigenvalue weighted by Crippen LogP contribution is -2.07. The van der Waals surface area contributed by atoms with Crippen LogP contribution in [0, 0.1) is 0 Å². The van der Waals surface area contributed by atoms with Gasteiger partial charge in [0.2, 0.25) is 5.91 Å². The summed E-state index contributed by atoms with van der Waals surface area (Å²) in [7, 11) is 0. The van der Waals surface area contributed by atoms with Crippen LogP contribution in [0.2, 0.25) is 15.1 Å². The van der Waals surface area contributed by atoms with Crippen molar-refractivity contribution in [3.63, 3.8) is 0 Å². The van der Waals surface area contributed by atoms with Gasteiger partial charge >= 0.3 is 0 Å². The van der Waals surface area contributed by atoms with Crippen LogP contribution in [0.15, 0.2) is 46.9 Å². The average molecular weight is 406 g/mol. The van der Waals surface area contributed by atoms with E-state index in [-0.39, 0.29) is 5.91 Å². The molecule has 6 heteroatoms. The molecule has 0 aliphatic carbocycles. The van der Waals surface area contributed by atoms with Crippen molar-refractivity contribution in [2.45, 2.75) is 0 Å². The van der Waals surface area contributed by atoms with Gasteiger partial charge in [-0.05, 0) is 57.9 Å². The number of anilines is 1. The van der Waals surface area contributed by atoms with Gasteiger partial charge in [0.05, 0.1) is 5.02 Å². The van der Waals surface area contributed by atoms with Crippen molar-refractivity contribution < 1.29 is 4.79 Å². The van der Waals surface area contributed by atoms with Crippen molar-refractivity contribution in [2.24, 2.45) is 0 Å². The number of halogens is 4. The van der Waals surface area contributed by atoms with Crippen molar-refractivity contribution >= 4 is 68.4 Å². The predicted octanol–water partition coefficient (Wildman–Crippen LogP) is 6.06. The van der Waals surface area contributed by atoms with Crippen molar-refractivity contribution in [3.8, 4) is 0 Å². The minimum atomic E-state index is -0.278. The third-order valence-electron chi connectivity index (χ3n) is 2.56. The normalized spacial score (nSPS) is 10.9. The number of hydrogen-bond acceptors (Lipinski definition) is 1. The topological polar surface area (TPSA) is 29.1 Å². The van der Waals surface area contributed by atoms with Crippen LogP contribution in [0.4, 0.5) is 5.69 Å². The highest BCUT2D eigenvalue weighted by Crippen LogP contribution is 2.25. The van der Waals surface area contributed by atoms with Gasteiger partial charge < -0.3 is 5.32 Å². The van der Waals surface area contributed by atoms with Gasteiger partial charge in [0, 0.05) is 26.3 Å². The maximum Gasteiger partial charge on any atom is 0.248 e. The molecule has 0 aliphatic heterocycles. The molecule has 108 valence electrons. The molecule has 0 aliphatic rings. The predicted molar refractivity (Wildman–Crippen MR) is 93.3 cm³/mol. The van der Waals surface area contributed by atoms with Crippen LogP contribution in [0.3, 0.4) is 0 Å². The van der Waals surface area contributed by atoms with Crippen LogP contribution in [-0.4, -0.2) is 5.91 Å². The van der Waals surface area contributed by atoms with Gasteiger partial charge in [-0.1, -0.05) is 40.9 Å². The van der Waals surface area contributed by atoms with E-state index in [9.17, 15) is 4.79 Å². The second kappa shape index (κ2) is 7.32. The van der Waals surface area contributed by atoms with Gasteiger partial charge in [0.1, 0.15) is 0 Å². The minimum absolute atomic E-state index is 0.278. The summed E-state index contributed by atoms with van der Waals surface area (Å²) in [6, 6.07) is 10.2. The summed E-state index contributed by atoms with van der Waals surface area (Å²) >= 11 is 21.1. The number of carbonyl (C=O) groups excluding carboxylic acids is 1. The molecule has 0 fully saturated rings. The molecule has 0 heterocycles. The van der Waals surface area contributed by atoms with Crippen molar-refractivity contribution in [1.29, 1.82) is 0 Å². The maximum atomic E-state index is 11.8. The van der Waals surface area contributed by atoms with Gasteiger partial charge in [0.15, 0.2) is 0 Å². The molecule has 21 heavy (non-hydrogen) atoms. The number of hydrogen-bond donors (Lipinski definition) is 1. The molecular formula is C15H9BrCl3NO. The molecule has 1 amide bonds. The molecule has 2 aromatic carbocycles. The molecule has 0 aromatic heterocycles. The van der Waals surface area contributed by atoms with Crippen LogP contribution < -0.4 is 5.32 Å². The highest BCUT2D eigenvalue weighted by atomic mass is 79.9. The van der Waals surface area contributed by atoms with Gasteiger partial charge in [-0.3, -0.25) is 4.79 Å². The molecule has 0 saturated heterocycles. The lowest BCUT2D eigenvalue weighted by Gasteiger charge is -2.04. The van der Waals surface area contributed by atoms with E-state index in [0.717, 1.165) is 4.47 Å². The first kappa shape index (κ1) is 16.4. The molecule has 0 spiro atoms. The molecule has 0 saturated carbocycles. The van der Waals surface area contributed by atoms with Crippen LogP contribution >= 0.6 is 50.7 Å². The standard InChI is InChI=1S/C15H9BrCl3NO/c16-12-5-4-11(8-14(12)19)20-15(21)6-2-9-1-3-10(17)7-13(9)18/h1-8H,(H,20,21)/b6-2+. The summed E-state index contributed by atoms with van der Waals surface area (Å²) in [5.74, 6) is -0.278. The van der Waals surface area contributed by atoms with E-state index in [1.54, 1.807) is 42.5 Å². The monoisotopic (exact) mass is 403 g/mol. The Morgan fingerprint density at radius 3 is 2.48 bits per heavy atom. The number of amides is 1. The van der Waals surface area contributed by atoms with Crippen molar-refractivity contribution in [3.05, 3.63) is 67.6 Å². The van der Waals surface area contributed by atoms with Gasteiger partial charge in [-0.15, -0.1) is 0 Å². The van der Waals surface area contributed by atoms with Gasteiger partial charge in [-0.25, -0.2) is 0 Å². The summed E-state index contributed by atoms with van der Waals surface area (Å²) < 4.78 is 0.769. The Morgan fingerprint density at radius 1 is 1.05 bits per heavy atom. The first-order chi connectivity index (χ1) is 9.95. The number of rotatable bonds is 3. The van der Waals surface area contributed by atoms with Crippen molar-refractivity contribution in [2.75, 3.05) is 5.32 Å². The first-order valence-corrected chi connectivity index (χ1v) is 7.77. The summed E-state index contributed by atoms with van der Waals surface area (Å²) in [4.78, 5) is 11.8. The third-order valence-corrected chi connectivity index (χ3v) is 4.36. The average Bonchev–Trinajstić information content (AvgIpc) is 2.42. The zero-order valence-corrected chi connectivity index (χ0v) is 14.4. The molecule has 0 atom stereocenters. The van der Waals surface area contributed by atoms with Gasteiger partial charge in [0.25, 0.3) is 0 Å².